The highest BCUT2D eigenvalue weighted by molar-refractivity contribution is 7.90. The Labute approximate surface area is 95.1 Å². The first-order valence-corrected chi connectivity index (χ1v) is 6.91. The van der Waals surface area contributed by atoms with E-state index < -0.39 is 9.84 Å². The Morgan fingerprint density at radius 3 is 2.75 bits per heavy atom. The standard InChI is InChI=1S/C11H14O4S/c1-8-3-4-11(16(2,12)13)10(5-8)15-7-9-6-14-9/h3-5,9H,6-7H2,1-2H3. The first-order chi connectivity index (χ1) is 7.47. The predicted octanol–water partition coefficient (Wildman–Crippen LogP) is 1.18. The van der Waals surface area contributed by atoms with E-state index in [1.54, 1.807) is 18.2 Å². The van der Waals surface area contributed by atoms with Gasteiger partial charge in [0.25, 0.3) is 0 Å². The topological polar surface area (TPSA) is 55.9 Å². The zero-order chi connectivity index (χ0) is 11.8. The molecule has 1 aromatic rings. The zero-order valence-electron chi connectivity index (χ0n) is 9.26. The van der Waals surface area contributed by atoms with Crippen molar-refractivity contribution in [3.05, 3.63) is 23.8 Å². The van der Waals surface area contributed by atoms with Gasteiger partial charge in [-0.25, -0.2) is 8.42 Å². The molecule has 1 unspecified atom stereocenters. The molecule has 1 saturated heterocycles. The van der Waals surface area contributed by atoms with Crippen molar-refractivity contribution >= 4 is 9.84 Å². The second kappa shape index (κ2) is 4.07. The summed E-state index contributed by atoms with van der Waals surface area (Å²) in [5.74, 6) is 0.415. The second-order valence-electron chi connectivity index (χ2n) is 3.99. The molecule has 0 N–H and O–H groups in total. The van der Waals surface area contributed by atoms with Gasteiger partial charge in [0.15, 0.2) is 9.84 Å². The average molecular weight is 242 g/mol. The lowest BCUT2D eigenvalue weighted by Crippen LogP contribution is -2.08. The molecular formula is C11H14O4S. The summed E-state index contributed by atoms with van der Waals surface area (Å²) < 4.78 is 33.5. The number of aryl methyl sites for hydroxylation is 1. The Hall–Kier alpha value is -1.07. The van der Waals surface area contributed by atoms with E-state index in [9.17, 15) is 8.42 Å². The minimum Gasteiger partial charge on any atom is -0.489 e. The van der Waals surface area contributed by atoms with Crippen molar-refractivity contribution in [2.75, 3.05) is 19.5 Å². The fraction of sp³-hybridized carbons (Fsp3) is 0.455. The Bertz CT molecular complexity index is 489. The van der Waals surface area contributed by atoms with Crippen LogP contribution in [0.4, 0.5) is 0 Å². The van der Waals surface area contributed by atoms with Gasteiger partial charge in [-0.1, -0.05) is 6.07 Å². The van der Waals surface area contributed by atoms with Crippen LogP contribution < -0.4 is 4.74 Å². The Balaban J connectivity index is 2.27. The van der Waals surface area contributed by atoms with Crippen LogP contribution in [-0.2, 0) is 14.6 Å². The van der Waals surface area contributed by atoms with Crippen LogP contribution in [0.3, 0.4) is 0 Å². The van der Waals surface area contributed by atoms with Crippen molar-refractivity contribution in [2.45, 2.75) is 17.9 Å². The monoisotopic (exact) mass is 242 g/mol. The van der Waals surface area contributed by atoms with Crippen molar-refractivity contribution in [1.29, 1.82) is 0 Å². The largest absolute Gasteiger partial charge is 0.489 e. The maximum Gasteiger partial charge on any atom is 0.179 e. The normalized spacial score (nSPS) is 19.5. The lowest BCUT2D eigenvalue weighted by atomic mass is 10.2. The average Bonchev–Trinajstić information content (AvgIpc) is 2.96. The molecule has 5 heteroatoms. The molecule has 0 amide bonds. The third-order valence-electron chi connectivity index (χ3n) is 2.33. The second-order valence-corrected chi connectivity index (χ2v) is 5.97. The molecule has 1 aliphatic heterocycles. The molecule has 0 spiro atoms. The van der Waals surface area contributed by atoms with E-state index in [1.165, 1.54) is 6.26 Å². The summed E-state index contributed by atoms with van der Waals surface area (Å²) in [7, 11) is -3.24. The molecule has 4 nitrogen and oxygen atoms in total. The van der Waals surface area contributed by atoms with E-state index in [-0.39, 0.29) is 11.0 Å². The van der Waals surface area contributed by atoms with E-state index in [2.05, 4.69) is 0 Å². The third kappa shape index (κ3) is 2.74. The summed E-state index contributed by atoms with van der Waals surface area (Å²) in [6.07, 6.45) is 1.30. The van der Waals surface area contributed by atoms with Crippen molar-refractivity contribution in [1.82, 2.24) is 0 Å². The smallest absolute Gasteiger partial charge is 0.179 e. The van der Waals surface area contributed by atoms with Gasteiger partial charge in [-0.3, -0.25) is 0 Å². The van der Waals surface area contributed by atoms with Gasteiger partial charge < -0.3 is 9.47 Å². The molecule has 1 heterocycles. The van der Waals surface area contributed by atoms with Gasteiger partial charge in [0.2, 0.25) is 0 Å². The van der Waals surface area contributed by atoms with Crippen molar-refractivity contribution in [2.24, 2.45) is 0 Å². The number of hydrogen-bond acceptors (Lipinski definition) is 4. The number of hydrogen-bond donors (Lipinski definition) is 0. The molecule has 1 fully saturated rings. The molecule has 0 radical (unpaired) electrons. The fourth-order valence-corrected chi connectivity index (χ4v) is 2.18. The van der Waals surface area contributed by atoms with E-state index in [1.807, 2.05) is 6.92 Å². The molecule has 1 aromatic carbocycles. The molecule has 0 aromatic heterocycles. The molecule has 1 aliphatic rings. The number of sulfone groups is 1. The molecule has 0 saturated carbocycles. The summed E-state index contributed by atoms with van der Waals surface area (Å²) in [6, 6.07) is 5.07. The SMILES string of the molecule is Cc1ccc(S(C)(=O)=O)c(OCC2CO2)c1. The van der Waals surface area contributed by atoms with Gasteiger partial charge in [0, 0.05) is 6.26 Å². The van der Waals surface area contributed by atoms with E-state index in [0.29, 0.717) is 19.0 Å². The number of rotatable bonds is 4. The lowest BCUT2D eigenvalue weighted by Gasteiger charge is -2.10. The van der Waals surface area contributed by atoms with E-state index >= 15 is 0 Å². The first-order valence-electron chi connectivity index (χ1n) is 5.02. The van der Waals surface area contributed by atoms with Gasteiger partial charge in [-0.15, -0.1) is 0 Å². The summed E-state index contributed by atoms with van der Waals surface area (Å²) in [5, 5.41) is 0. The number of epoxide rings is 1. The molecule has 0 bridgehead atoms. The Morgan fingerprint density at radius 2 is 2.19 bits per heavy atom. The maximum atomic E-state index is 11.5. The summed E-state index contributed by atoms with van der Waals surface area (Å²) in [4.78, 5) is 0.235. The van der Waals surface area contributed by atoms with Gasteiger partial charge in [0.05, 0.1) is 6.61 Å². The van der Waals surface area contributed by atoms with Gasteiger partial charge >= 0.3 is 0 Å². The van der Waals surface area contributed by atoms with Crippen LogP contribution in [0.2, 0.25) is 0 Å². The minimum absolute atomic E-state index is 0.118. The summed E-state index contributed by atoms with van der Waals surface area (Å²) in [6.45, 7) is 3.00. The highest BCUT2D eigenvalue weighted by atomic mass is 32.2. The third-order valence-corrected chi connectivity index (χ3v) is 3.46. The first kappa shape index (κ1) is 11.4. The summed E-state index contributed by atoms with van der Waals surface area (Å²) in [5.41, 5.74) is 0.971. The van der Waals surface area contributed by atoms with Crippen LogP contribution in [0.15, 0.2) is 23.1 Å². The zero-order valence-corrected chi connectivity index (χ0v) is 10.1. The Morgan fingerprint density at radius 1 is 1.50 bits per heavy atom. The molecule has 16 heavy (non-hydrogen) atoms. The van der Waals surface area contributed by atoms with Crippen LogP contribution in [0, 0.1) is 6.92 Å². The van der Waals surface area contributed by atoms with E-state index in [0.717, 1.165) is 5.56 Å². The van der Waals surface area contributed by atoms with Crippen LogP contribution >= 0.6 is 0 Å². The molecule has 1 atom stereocenters. The predicted molar refractivity (Wildman–Crippen MR) is 59.5 cm³/mol. The van der Waals surface area contributed by atoms with Crippen molar-refractivity contribution < 1.29 is 17.9 Å². The summed E-state index contributed by atoms with van der Waals surface area (Å²) >= 11 is 0. The highest BCUT2D eigenvalue weighted by Gasteiger charge is 2.24. The van der Waals surface area contributed by atoms with E-state index in [4.69, 9.17) is 9.47 Å². The molecule has 88 valence electrons. The fourth-order valence-electron chi connectivity index (χ4n) is 1.38. The van der Waals surface area contributed by atoms with Gasteiger partial charge in [-0.05, 0) is 24.6 Å². The highest BCUT2D eigenvalue weighted by Crippen LogP contribution is 2.26. The lowest BCUT2D eigenvalue weighted by molar-refractivity contribution is 0.258. The number of benzene rings is 1. The molecular weight excluding hydrogens is 228 g/mol. The van der Waals surface area contributed by atoms with Gasteiger partial charge in [0.1, 0.15) is 23.4 Å². The minimum atomic E-state index is -3.24. The van der Waals surface area contributed by atoms with Gasteiger partial charge in [-0.2, -0.15) is 0 Å². The van der Waals surface area contributed by atoms with Crippen LogP contribution in [-0.4, -0.2) is 34.0 Å². The number of ether oxygens (including phenoxy) is 2. The molecule has 0 aliphatic carbocycles. The van der Waals surface area contributed by atoms with Crippen molar-refractivity contribution in [3.8, 4) is 5.75 Å². The maximum absolute atomic E-state index is 11.5. The molecule has 2 rings (SSSR count). The van der Waals surface area contributed by atoms with Crippen LogP contribution in [0.5, 0.6) is 5.75 Å². The van der Waals surface area contributed by atoms with Crippen molar-refractivity contribution in [3.63, 3.8) is 0 Å². The quantitative estimate of drug-likeness (QED) is 0.744. The van der Waals surface area contributed by atoms with Crippen LogP contribution in [0.25, 0.3) is 0 Å². The Kier molecular flexibility index (Phi) is 2.90. The van der Waals surface area contributed by atoms with Crippen LogP contribution in [0.1, 0.15) is 5.56 Å².